The van der Waals surface area contributed by atoms with Crippen LogP contribution in [0.3, 0.4) is 0 Å². The summed E-state index contributed by atoms with van der Waals surface area (Å²) >= 11 is 0. The van der Waals surface area contributed by atoms with Crippen molar-refractivity contribution in [3.63, 3.8) is 0 Å². The second kappa shape index (κ2) is 8.18. The maximum atomic E-state index is 15.0. The van der Waals surface area contributed by atoms with E-state index >= 15 is 0 Å². The summed E-state index contributed by atoms with van der Waals surface area (Å²) in [7, 11) is 0. The third kappa shape index (κ3) is 3.80. The van der Waals surface area contributed by atoms with Gasteiger partial charge in [-0.05, 0) is 42.5 Å². The Bertz CT molecular complexity index is 1410. The monoisotopic (exact) mass is 442 g/mol. The van der Waals surface area contributed by atoms with Gasteiger partial charge in [-0.2, -0.15) is 0 Å². The predicted octanol–water partition coefficient (Wildman–Crippen LogP) is 5.41. The molecule has 0 fully saturated rings. The number of amides is 1. The van der Waals surface area contributed by atoms with E-state index in [9.17, 15) is 31.5 Å². The van der Waals surface area contributed by atoms with Crippen LogP contribution in [-0.2, 0) is 0 Å². The van der Waals surface area contributed by atoms with Crippen LogP contribution in [-0.4, -0.2) is 16.7 Å². The molecule has 0 aliphatic rings. The zero-order valence-electron chi connectivity index (χ0n) is 15.9. The van der Waals surface area contributed by atoms with Crippen molar-refractivity contribution >= 4 is 28.3 Å². The van der Waals surface area contributed by atoms with E-state index in [-0.39, 0.29) is 5.56 Å². The van der Waals surface area contributed by atoms with Gasteiger partial charge in [0.1, 0.15) is 0 Å². The van der Waals surface area contributed by atoms with E-state index in [0.29, 0.717) is 29.1 Å². The lowest BCUT2D eigenvalue weighted by Gasteiger charge is -2.12. The first-order valence-corrected chi connectivity index (χ1v) is 9.09. The van der Waals surface area contributed by atoms with Crippen molar-refractivity contribution in [3.8, 4) is 0 Å². The second-order valence-corrected chi connectivity index (χ2v) is 6.73. The first-order valence-electron chi connectivity index (χ1n) is 9.09. The fourth-order valence-corrected chi connectivity index (χ4v) is 3.09. The van der Waals surface area contributed by atoms with Gasteiger partial charge in [0.05, 0.1) is 16.8 Å². The number of fused-ring (bicyclic) bond motifs is 1. The van der Waals surface area contributed by atoms with Crippen LogP contribution in [0.25, 0.3) is 10.9 Å². The molecule has 0 aliphatic carbocycles. The Balaban J connectivity index is 1.73. The number of anilines is 1. The molecular weight excluding hydrogens is 431 g/mol. The minimum Gasteiger partial charge on any atom is -0.319 e. The number of benzene rings is 3. The van der Waals surface area contributed by atoms with Gasteiger partial charge >= 0.3 is 0 Å². The molecule has 0 unspecified atom stereocenters. The van der Waals surface area contributed by atoms with E-state index < -0.39 is 57.6 Å². The van der Waals surface area contributed by atoms with Gasteiger partial charge in [0.25, 0.3) is 5.91 Å². The largest absolute Gasteiger partial charge is 0.319 e. The Morgan fingerprint density at radius 3 is 2.25 bits per heavy atom. The lowest BCUT2D eigenvalue weighted by atomic mass is 9.99. The number of hydrogen-bond acceptors (Lipinski definition) is 3. The van der Waals surface area contributed by atoms with Crippen LogP contribution < -0.4 is 5.32 Å². The highest BCUT2D eigenvalue weighted by atomic mass is 19.2. The normalized spacial score (nSPS) is 10.9. The van der Waals surface area contributed by atoms with Gasteiger partial charge in [0.15, 0.2) is 34.9 Å². The quantitative estimate of drug-likeness (QED) is 0.261. The maximum Gasteiger partial charge on any atom is 0.255 e. The third-order valence-corrected chi connectivity index (χ3v) is 4.68. The highest BCUT2D eigenvalue weighted by molar-refractivity contribution is 6.12. The molecule has 32 heavy (non-hydrogen) atoms. The van der Waals surface area contributed by atoms with Gasteiger partial charge in [0, 0.05) is 28.8 Å². The number of halogens is 5. The Labute approximate surface area is 177 Å². The average molecular weight is 442 g/mol. The molecule has 0 radical (unpaired) electrons. The molecule has 0 atom stereocenters. The van der Waals surface area contributed by atoms with Gasteiger partial charge in [-0.25, -0.2) is 22.0 Å². The van der Waals surface area contributed by atoms with E-state index in [1.807, 2.05) is 5.32 Å². The number of nitrogens with zero attached hydrogens (tertiary/aromatic N) is 1. The van der Waals surface area contributed by atoms with Crippen molar-refractivity contribution in [2.75, 3.05) is 5.32 Å². The SMILES string of the molecule is O=C(Nc1cc(F)c(F)c(C(=O)c2ccc3ncccc3c2)c1F)c1ccc(F)c(F)c1. The number of aromatic nitrogens is 1. The third-order valence-electron chi connectivity index (χ3n) is 4.68. The van der Waals surface area contributed by atoms with Crippen molar-refractivity contribution in [1.82, 2.24) is 4.98 Å². The van der Waals surface area contributed by atoms with Gasteiger partial charge in [-0.1, -0.05) is 6.07 Å². The number of carbonyl (C=O) groups is 2. The number of hydrogen-bond donors (Lipinski definition) is 1. The van der Waals surface area contributed by atoms with Crippen LogP contribution in [0.4, 0.5) is 27.6 Å². The lowest BCUT2D eigenvalue weighted by Crippen LogP contribution is -2.17. The molecule has 1 N–H and O–H groups in total. The van der Waals surface area contributed by atoms with E-state index in [0.717, 1.165) is 6.07 Å². The lowest BCUT2D eigenvalue weighted by molar-refractivity contribution is 0.101. The summed E-state index contributed by atoms with van der Waals surface area (Å²) in [6.45, 7) is 0. The maximum absolute atomic E-state index is 15.0. The summed E-state index contributed by atoms with van der Waals surface area (Å²) in [5.74, 6) is -9.65. The molecule has 0 bridgehead atoms. The minimum atomic E-state index is -1.73. The first-order chi connectivity index (χ1) is 15.3. The molecule has 0 aliphatic heterocycles. The summed E-state index contributed by atoms with van der Waals surface area (Å²) in [5, 5.41) is 2.46. The minimum absolute atomic E-state index is 0.133. The van der Waals surface area contributed by atoms with Crippen LogP contribution in [0, 0.1) is 29.1 Å². The van der Waals surface area contributed by atoms with Crippen LogP contribution in [0.5, 0.6) is 0 Å². The average Bonchev–Trinajstić information content (AvgIpc) is 2.78. The fourth-order valence-electron chi connectivity index (χ4n) is 3.09. The van der Waals surface area contributed by atoms with Crippen molar-refractivity contribution in [2.45, 2.75) is 0 Å². The number of carbonyl (C=O) groups excluding carboxylic acids is 2. The van der Waals surface area contributed by atoms with Crippen LogP contribution in [0.1, 0.15) is 26.3 Å². The van der Waals surface area contributed by atoms with E-state index in [4.69, 9.17) is 0 Å². The molecule has 0 spiro atoms. The topological polar surface area (TPSA) is 59.1 Å². The molecular formula is C23H11F5N2O2. The molecule has 1 amide bonds. The zero-order chi connectivity index (χ0) is 23.0. The van der Waals surface area contributed by atoms with Crippen LogP contribution in [0.15, 0.2) is 60.8 Å². The zero-order valence-corrected chi connectivity index (χ0v) is 15.9. The van der Waals surface area contributed by atoms with Crippen molar-refractivity contribution in [3.05, 3.63) is 107 Å². The fraction of sp³-hybridized carbons (Fsp3) is 0. The van der Waals surface area contributed by atoms with Gasteiger partial charge in [0.2, 0.25) is 0 Å². The number of pyridine rings is 1. The molecule has 9 heteroatoms. The predicted molar refractivity (Wildman–Crippen MR) is 106 cm³/mol. The smallest absolute Gasteiger partial charge is 0.255 e. The summed E-state index contributed by atoms with van der Waals surface area (Å²) in [5.41, 5.74) is -2.06. The molecule has 1 aromatic heterocycles. The Kier molecular flexibility index (Phi) is 5.40. The number of nitrogens with one attached hydrogen (secondary N) is 1. The molecule has 4 aromatic rings. The van der Waals surface area contributed by atoms with Gasteiger partial charge < -0.3 is 5.32 Å². The van der Waals surface area contributed by atoms with E-state index in [1.54, 1.807) is 12.1 Å². The van der Waals surface area contributed by atoms with E-state index in [2.05, 4.69) is 4.98 Å². The Hall–Kier alpha value is -4.14. The number of ketones is 1. The van der Waals surface area contributed by atoms with Gasteiger partial charge in [-0.15, -0.1) is 0 Å². The van der Waals surface area contributed by atoms with Crippen LogP contribution >= 0.6 is 0 Å². The van der Waals surface area contributed by atoms with Crippen molar-refractivity contribution in [2.24, 2.45) is 0 Å². The summed E-state index contributed by atoms with van der Waals surface area (Å²) in [6.07, 6.45) is 1.53. The second-order valence-electron chi connectivity index (χ2n) is 6.73. The van der Waals surface area contributed by atoms with Crippen molar-refractivity contribution in [1.29, 1.82) is 0 Å². The molecule has 0 saturated heterocycles. The molecule has 4 nitrogen and oxygen atoms in total. The first kappa shape index (κ1) is 21.1. The molecule has 4 rings (SSSR count). The highest BCUT2D eigenvalue weighted by Gasteiger charge is 2.26. The summed E-state index contributed by atoms with van der Waals surface area (Å²) < 4.78 is 70.0. The Morgan fingerprint density at radius 1 is 0.750 bits per heavy atom. The summed E-state index contributed by atoms with van der Waals surface area (Å²) in [4.78, 5) is 29.1. The molecule has 1 heterocycles. The molecule has 3 aromatic carbocycles. The van der Waals surface area contributed by atoms with Gasteiger partial charge in [-0.3, -0.25) is 14.6 Å². The molecule has 0 saturated carbocycles. The number of rotatable bonds is 4. The van der Waals surface area contributed by atoms with Crippen molar-refractivity contribution < 1.29 is 31.5 Å². The Morgan fingerprint density at radius 2 is 1.50 bits per heavy atom. The van der Waals surface area contributed by atoms with E-state index in [1.165, 1.54) is 24.4 Å². The molecule has 160 valence electrons. The summed E-state index contributed by atoms with van der Waals surface area (Å²) in [6, 6.07) is 9.81. The standard InChI is InChI=1S/C23H11F5N2O2/c24-14-5-3-13(9-15(14)25)23(32)30-18-10-16(26)20(27)19(21(18)28)22(31)12-4-6-17-11(8-12)2-1-7-29-17/h1-10H,(H,30,32). The van der Waals surface area contributed by atoms with Crippen LogP contribution in [0.2, 0.25) is 0 Å². The highest BCUT2D eigenvalue weighted by Crippen LogP contribution is 2.28.